The van der Waals surface area contributed by atoms with Crippen LogP contribution >= 0.6 is 0 Å². The van der Waals surface area contributed by atoms with Gasteiger partial charge >= 0.3 is 0 Å². The van der Waals surface area contributed by atoms with E-state index in [4.69, 9.17) is 0 Å². The Kier molecular flexibility index (Phi) is 4.33. The Morgan fingerprint density at radius 2 is 2.00 bits per heavy atom. The topological polar surface area (TPSA) is 61.4 Å². The molecule has 1 aliphatic carbocycles. The minimum atomic E-state index is -0.301. The van der Waals surface area contributed by atoms with Crippen molar-refractivity contribution >= 4 is 5.91 Å². The van der Waals surface area contributed by atoms with Gasteiger partial charge in [0.1, 0.15) is 0 Å². The van der Waals surface area contributed by atoms with E-state index in [0.29, 0.717) is 0 Å². The predicted octanol–water partition coefficient (Wildman–Crippen LogP) is 0.793. The van der Waals surface area contributed by atoms with Gasteiger partial charge < -0.3 is 15.7 Å². The van der Waals surface area contributed by atoms with E-state index in [1.54, 1.807) is 0 Å². The molecule has 1 unspecified atom stereocenters. The lowest BCUT2D eigenvalue weighted by atomic mass is 10.1. The number of amides is 1. The number of carbonyl (C=O) groups is 1. The molecule has 0 aromatic carbocycles. The van der Waals surface area contributed by atoms with Crippen molar-refractivity contribution in [1.82, 2.24) is 10.6 Å². The van der Waals surface area contributed by atoms with Gasteiger partial charge in [0.25, 0.3) is 0 Å². The quantitative estimate of drug-likeness (QED) is 0.669. The average molecular weight is 228 g/mol. The Bertz CT molecular complexity index is 248. The summed E-state index contributed by atoms with van der Waals surface area (Å²) >= 11 is 0. The van der Waals surface area contributed by atoms with E-state index in [2.05, 4.69) is 10.6 Å². The first-order valence-corrected chi connectivity index (χ1v) is 6.06. The van der Waals surface area contributed by atoms with Crippen molar-refractivity contribution in [2.75, 3.05) is 0 Å². The Hall–Kier alpha value is -0.610. The van der Waals surface area contributed by atoms with Crippen LogP contribution in [0.5, 0.6) is 0 Å². The molecule has 3 atom stereocenters. The second-order valence-electron chi connectivity index (χ2n) is 5.73. The van der Waals surface area contributed by atoms with Crippen molar-refractivity contribution in [3.8, 4) is 0 Å². The van der Waals surface area contributed by atoms with E-state index < -0.39 is 0 Å². The molecule has 0 radical (unpaired) electrons. The lowest BCUT2D eigenvalue weighted by Gasteiger charge is -2.26. The lowest BCUT2D eigenvalue weighted by molar-refractivity contribution is -0.124. The van der Waals surface area contributed by atoms with E-state index in [1.807, 2.05) is 27.7 Å². The predicted molar refractivity (Wildman–Crippen MR) is 64.1 cm³/mol. The number of nitrogens with one attached hydrogen (secondary N) is 2. The largest absolute Gasteiger partial charge is 0.392 e. The Morgan fingerprint density at radius 3 is 2.44 bits per heavy atom. The van der Waals surface area contributed by atoms with Gasteiger partial charge in [-0.2, -0.15) is 0 Å². The number of rotatable bonds is 3. The second kappa shape index (κ2) is 5.15. The van der Waals surface area contributed by atoms with Crippen LogP contribution in [0.2, 0.25) is 0 Å². The molecular formula is C12H24N2O2. The van der Waals surface area contributed by atoms with E-state index >= 15 is 0 Å². The molecule has 4 heteroatoms. The summed E-state index contributed by atoms with van der Waals surface area (Å²) in [5, 5.41) is 15.8. The van der Waals surface area contributed by atoms with E-state index in [9.17, 15) is 9.90 Å². The lowest BCUT2D eigenvalue weighted by Crippen LogP contribution is -2.53. The van der Waals surface area contributed by atoms with Crippen LogP contribution < -0.4 is 10.6 Å². The molecule has 0 aromatic heterocycles. The maximum atomic E-state index is 11.8. The molecule has 0 saturated heterocycles. The summed E-state index contributed by atoms with van der Waals surface area (Å²) in [7, 11) is 0. The molecule has 0 heterocycles. The van der Waals surface area contributed by atoms with Crippen LogP contribution in [0.3, 0.4) is 0 Å². The average Bonchev–Trinajstić information content (AvgIpc) is 2.49. The molecule has 16 heavy (non-hydrogen) atoms. The maximum Gasteiger partial charge on any atom is 0.237 e. The maximum absolute atomic E-state index is 11.8. The van der Waals surface area contributed by atoms with E-state index in [-0.39, 0.29) is 29.6 Å². The molecule has 1 aliphatic rings. The van der Waals surface area contributed by atoms with Crippen LogP contribution in [0.15, 0.2) is 0 Å². The first-order valence-electron chi connectivity index (χ1n) is 6.06. The third kappa shape index (κ3) is 4.10. The highest BCUT2D eigenvalue weighted by molar-refractivity contribution is 5.81. The van der Waals surface area contributed by atoms with Crippen LogP contribution in [0.4, 0.5) is 0 Å². The van der Waals surface area contributed by atoms with Gasteiger partial charge in [0, 0.05) is 11.6 Å². The van der Waals surface area contributed by atoms with Gasteiger partial charge in [-0.3, -0.25) is 4.79 Å². The van der Waals surface area contributed by atoms with Gasteiger partial charge in [0.15, 0.2) is 0 Å². The van der Waals surface area contributed by atoms with Crippen LogP contribution in [-0.4, -0.2) is 34.7 Å². The van der Waals surface area contributed by atoms with Gasteiger partial charge in [-0.05, 0) is 47.0 Å². The third-order valence-electron chi connectivity index (χ3n) is 2.84. The van der Waals surface area contributed by atoms with Gasteiger partial charge in [-0.15, -0.1) is 0 Å². The van der Waals surface area contributed by atoms with Gasteiger partial charge in [-0.25, -0.2) is 0 Å². The highest BCUT2D eigenvalue weighted by Gasteiger charge is 2.28. The molecule has 1 rings (SSSR count). The summed E-state index contributed by atoms with van der Waals surface area (Å²) in [5.41, 5.74) is -0.207. The molecule has 1 saturated carbocycles. The third-order valence-corrected chi connectivity index (χ3v) is 2.84. The van der Waals surface area contributed by atoms with Crippen molar-refractivity contribution in [3.05, 3.63) is 0 Å². The minimum Gasteiger partial charge on any atom is -0.392 e. The number of aliphatic hydroxyl groups is 1. The molecule has 3 N–H and O–H groups in total. The van der Waals surface area contributed by atoms with Crippen LogP contribution in [-0.2, 0) is 4.79 Å². The second-order valence-corrected chi connectivity index (χ2v) is 5.73. The first kappa shape index (κ1) is 13.5. The Balaban J connectivity index is 2.39. The van der Waals surface area contributed by atoms with E-state index in [0.717, 1.165) is 19.3 Å². The highest BCUT2D eigenvalue weighted by atomic mass is 16.3. The van der Waals surface area contributed by atoms with Crippen molar-refractivity contribution < 1.29 is 9.90 Å². The summed E-state index contributed by atoms with van der Waals surface area (Å²) < 4.78 is 0. The van der Waals surface area contributed by atoms with Crippen LogP contribution in [0, 0.1) is 0 Å². The summed E-state index contributed by atoms with van der Waals surface area (Å²) in [6.07, 6.45) is 2.52. The fraction of sp³-hybridized carbons (Fsp3) is 0.917. The molecule has 0 aromatic rings. The molecular weight excluding hydrogens is 204 g/mol. The van der Waals surface area contributed by atoms with Crippen molar-refractivity contribution in [2.45, 2.75) is 70.7 Å². The summed E-state index contributed by atoms with van der Waals surface area (Å²) in [6.45, 7) is 7.72. The zero-order chi connectivity index (χ0) is 12.3. The standard InChI is InChI=1S/C12H24N2O2/c1-8(11(16)14-12(2,3)4)13-9-6-5-7-10(9)15/h8-10,13,15H,5-7H2,1-4H3,(H,14,16)/t8?,9-,10-/m1/s1. The number of aliphatic hydroxyl groups excluding tert-OH is 1. The number of carbonyl (C=O) groups excluding carboxylic acids is 1. The Labute approximate surface area is 97.8 Å². The zero-order valence-corrected chi connectivity index (χ0v) is 10.7. The Morgan fingerprint density at radius 1 is 1.38 bits per heavy atom. The molecule has 0 aliphatic heterocycles. The molecule has 1 fully saturated rings. The molecule has 1 amide bonds. The van der Waals surface area contributed by atoms with Gasteiger partial charge in [0.05, 0.1) is 12.1 Å². The van der Waals surface area contributed by atoms with E-state index in [1.165, 1.54) is 0 Å². The minimum absolute atomic E-state index is 0.00778. The van der Waals surface area contributed by atoms with Gasteiger partial charge in [-0.1, -0.05) is 0 Å². The number of hydrogen-bond donors (Lipinski definition) is 3. The number of hydrogen-bond acceptors (Lipinski definition) is 3. The van der Waals surface area contributed by atoms with Crippen LogP contribution in [0.1, 0.15) is 47.0 Å². The highest BCUT2D eigenvalue weighted by Crippen LogP contribution is 2.19. The fourth-order valence-electron chi connectivity index (χ4n) is 2.01. The van der Waals surface area contributed by atoms with Crippen molar-refractivity contribution in [2.24, 2.45) is 0 Å². The fourth-order valence-corrected chi connectivity index (χ4v) is 2.01. The normalized spacial score (nSPS) is 27.8. The summed E-state index contributed by atoms with van der Waals surface area (Å²) in [5.74, 6) is -0.00778. The summed E-state index contributed by atoms with van der Waals surface area (Å²) in [4.78, 5) is 11.8. The summed E-state index contributed by atoms with van der Waals surface area (Å²) in [6, 6.07) is -0.183. The zero-order valence-electron chi connectivity index (χ0n) is 10.7. The molecule has 94 valence electrons. The molecule has 0 spiro atoms. The molecule has 4 nitrogen and oxygen atoms in total. The molecule has 0 bridgehead atoms. The van der Waals surface area contributed by atoms with Crippen molar-refractivity contribution in [1.29, 1.82) is 0 Å². The monoisotopic (exact) mass is 228 g/mol. The van der Waals surface area contributed by atoms with Crippen molar-refractivity contribution in [3.63, 3.8) is 0 Å². The SMILES string of the molecule is CC(N[C@@H]1CCC[C@H]1O)C(=O)NC(C)(C)C. The van der Waals surface area contributed by atoms with Gasteiger partial charge in [0.2, 0.25) is 5.91 Å². The first-order chi connectivity index (χ1) is 7.29. The smallest absolute Gasteiger partial charge is 0.237 e. The van der Waals surface area contributed by atoms with Crippen LogP contribution in [0.25, 0.3) is 0 Å².